The highest BCUT2D eigenvalue weighted by Gasteiger charge is 2.42. The van der Waals surface area contributed by atoms with Crippen molar-refractivity contribution in [2.45, 2.75) is 45.6 Å². The largest absolute Gasteiger partial charge is 0.466 e. The number of aliphatic imine (C=N–C) groups is 1. The summed E-state index contributed by atoms with van der Waals surface area (Å²) in [7, 11) is 1.28. The van der Waals surface area contributed by atoms with Crippen LogP contribution < -0.4 is 0 Å². The molecule has 1 fully saturated rings. The third-order valence-electron chi connectivity index (χ3n) is 6.75. The highest BCUT2D eigenvalue weighted by Crippen LogP contribution is 2.46. The first kappa shape index (κ1) is 27.4. The summed E-state index contributed by atoms with van der Waals surface area (Å²) in [6.07, 6.45) is 1.84. The number of amidine groups is 1. The smallest absolute Gasteiger partial charge is 0.338 e. The summed E-state index contributed by atoms with van der Waals surface area (Å²) < 4.78 is 10.2. The molecule has 202 valence electrons. The number of fused-ring (bicyclic) bond motifs is 1. The van der Waals surface area contributed by atoms with E-state index < -0.39 is 16.9 Å². The van der Waals surface area contributed by atoms with Crippen LogP contribution in [0.3, 0.4) is 0 Å². The van der Waals surface area contributed by atoms with Gasteiger partial charge in [-0.05, 0) is 37.2 Å². The first-order valence-corrected chi connectivity index (χ1v) is 13.4. The maximum atomic E-state index is 13.4. The highest BCUT2D eigenvalue weighted by atomic mass is 32.2. The van der Waals surface area contributed by atoms with Crippen molar-refractivity contribution >= 4 is 40.5 Å². The van der Waals surface area contributed by atoms with Crippen LogP contribution in [0.25, 0.3) is 0 Å². The summed E-state index contributed by atoms with van der Waals surface area (Å²) in [4.78, 5) is 57.8. The molecule has 1 amide bonds. The van der Waals surface area contributed by atoms with Crippen molar-refractivity contribution in [2.75, 3.05) is 26.8 Å². The van der Waals surface area contributed by atoms with E-state index in [1.54, 1.807) is 28.9 Å². The standard InChI is InChI=1S/C26H30N4O7S/c1-4-20-22(25(33)36-3)23(16-8-6-10-18(12-16)30(34)35)29-19(15-38-26(29)27-20)13-21(31)28-11-7-9-17(14-28)24(32)37-5-2/h6,8,10,12,15,17,23H,4-5,7,9,11,13-14H2,1-3H3/t17-,23+/m1/s1. The van der Waals surface area contributed by atoms with Gasteiger partial charge in [-0.15, -0.1) is 0 Å². The molecule has 0 aliphatic carbocycles. The normalized spacial score (nSPS) is 20.9. The minimum absolute atomic E-state index is 0.0168. The number of esters is 2. The van der Waals surface area contributed by atoms with E-state index in [0.717, 1.165) is 0 Å². The molecule has 3 heterocycles. The van der Waals surface area contributed by atoms with E-state index in [1.807, 2.05) is 12.3 Å². The van der Waals surface area contributed by atoms with E-state index in [2.05, 4.69) is 4.99 Å². The molecule has 4 rings (SSSR count). The van der Waals surface area contributed by atoms with Crippen molar-refractivity contribution in [1.29, 1.82) is 0 Å². The first-order chi connectivity index (χ1) is 18.3. The topological polar surface area (TPSA) is 132 Å². The van der Waals surface area contributed by atoms with E-state index in [0.29, 0.717) is 61.1 Å². The van der Waals surface area contributed by atoms with Gasteiger partial charge in [-0.25, -0.2) is 9.79 Å². The number of amides is 1. The Balaban J connectivity index is 1.66. The van der Waals surface area contributed by atoms with Crippen LogP contribution in [-0.4, -0.2) is 64.5 Å². The van der Waals surface area contributed by atoms with Crippen molar-refractivity contribution in [3.8, 4) is 0 Å². The van der Waals surface area contributed by atoms with Gasteiger partial charge in [0.2, 0.25) is 5.91 Å². The first-order valence-electron chi connectivity index (χ1n) is 12.5. The molecule has 2 atom stereocenters. The van der Waals surface area contributed by atoms with Gasteiger partial charge in [0, 0.05) is 30.9 Å². The van der Waals surface area contributed by atoms with Crippen LogP contribution in [0.1, 0.15) is 51.1 Å². The number of nitrogens with zero attached hydrogens (tertiary/aromatic N) is 4. The predicted molar refractivity (Wildman–Crippen MR) is 141 cm³/mol. The van der Waals surface area contributed by atoms with Crippen molar-refractivity contribution < 1.29 is 28.8 Å². The molecule has 3 aliphatic rings. The molecule has 1 saturated heterocycles. The van der Waals surface area contributed by atoms with E-state index >= 15 is 0 Å². The number of likely N-dealkylation sites (tertiary alicyclic amines) is 1. The molecule has 11 nitrogen and oxygen atoms in total. The van der Waals surface area contributed by atoms with Crippen molar-refractivity contribution in [3.05, 3.63) is 62.3 Å². The summed E-state index contributed by atoms with van der Waals surface area (Å²) in [6, 6.07) is 5.35. The number of nitro benzene ring substituents is 1. The van der Waals surface area contributed by atoms with E-state index in [9.17, 15) is 24.5 Å². The van der Waals surface area contributed by atoms with Crippen LogP contribution >= 0.6 is 11.8 Å². The maximum absolute atomic E-state index is 13.4. The van der Waals surface area contributed by atoms with Gasteiger partial charge < -0.3 is 19.3 Å². The van der Waals surface area contributed by atoms with E-state index in [4.69, 9.17) is 9.47 Å². The van der Waals surface area contributed by atoms with Gasteiger partial charge in [0.05, 0.1) is 48.3 Å². The van der Waals surface area contributed by atoms with Gasteiger partial charge in [-0.3, -0.25) is 19.7 Å². The van der Waals surface area contributed by atoms with Crippen LogP contribution in [0.5, 0.6) is 0 Å². The van der Waals surface area contributed by atoms with Gasteiger partial charge in [0.15, 0.2) is 5.17 Å². The number of rotatable bonds is 8. The number of ether oxygens (including phenoxy) is 2. The van der Waals surface area contributed by atoms with Crippen LogP contribution in [-0.2, 0) is 23.9 Å². The highest BCUT2D eigenvalue weighted by molar-refractivity contribution is 8.16. The molecular formula is C26H30N4O7S. The molecule has 0 saturated carbocycles. The lowest BCUT2D eigenvalue weighted by atomic mass is 9.92. The summed E-state index contributed by atoms with van der Waals surface area (Å²) in [5, 5.41) is 13.9. The Hall–Kier alpha value is -3.67. The molecule has 0 radical (unpaired) electrons. The second-order valence-corrected chi connectivity index (χ2v) is 9.90. The minimum atomic E-state index is -0.757. The molecule has 0 aromatic heterocycles. The Morgan fingerprint density at radius 2 is 2.05 bits per heavy atom. The number of piperidine rings is 1. The molecule has 1 aromatic carbocycles. The van der Waals surface area contributed by atoms with Crippen LogP contribution in [0.4, 0.5) is 5.69 Å². The van der Waals surface area contributed by atoms with Crippen molar-refractivity contribution in [2.24, 2.45) is 10.9 Å². The molecule has 0 N–H and O–H groups in total. The SMILES string of the molecule is CCOC(=O)[C@@H]1CCCN(C(=O)CC2=CSC3=NC(CC)=C(C(=O)OC)[C@H](c4cccc([N+](=O)[O-])c4)N23)C1. The number of thioether (sulfide) groups is 1. The third-order valence-corrected chi connectivity index (χ3v) is 7.64. The number of allylic oxidation sites excluding steroid dienone is 1. The average Bonchev–Trinajstić information content (AvgIpc) is 3.33. The molecule has 38 heavy (non-hydrogen) atoms. The van der Waals surface area contributed by atoms with Crippen molar-refractivity contribution in [3.63, 3.8) is 0 Å². The predicted octanol–water partition coefficient (Wildman–Crippen LogP) is 3.92. The second-order valence-electron chi connectivity index (χ2n) is 9.06. The number of non-ortho nitro benzene ring substituents is 1. The number of hydrogen-bond acceptors (Lipinski definition) is 10. The number of benzene rings is 1. The summed E-state index contributed by atoms with van der Waals surface area (Å²) in [6.45, 7) is 4.75. The Bertz CT molecular complexity index is 1240. The Morgan fingerprint density at radius 1 is 1.26 bits per heavy atom. The molecular weight excluding hydrogens is 512 g/mol. The van der Waals surface area contributed by atoms with Crippen LogP contribution in [0.15, 0.2) is 51.6 Å². The number of nitro groups is 1. The molecule has 0 bridgehead atoms. The maximum Gasteiger partial charge on any atom is 0.338 e. The Kier molecular flexibility index (Phi) is 8.50. The second kappa shape index (κ2) is 11.8. The summed E-state index contributed by atoms with van der Waals surface area (Å²) in [5.74, 6) is -1.39. The molecule has 1 aromatic rings. The zero-order valence-electron chi connectivity index (χ0n) is 21.5. The lowest BCUT2D eigenvalue weighted by Gasteiger charge is -2.37. The van der Waals surface area contributed by atoms with E-state index in [-0.39, 0.29) is 35.5 Å². The van der Waals surface area contributed by atoms with Crippen molar-refractivity contribution in [1.82, 2.24) is 9.80 Å². The summed E-state index contributed by atoms with van der Waals surface area (Å²) >= 11 is 1.33. The molecule has 12 heteroatoms. The Morgan fingerprint density at radius 3 is 2.74 bits per heavy atom. The van der Waals surface area contributed by atoms with Gasteiger partial charge in [0.25, 0.3) is 5.69 Å². The van der Waals surface area contributed by atoms with E-state index in [1.165, 1.54) is 31.0 Å². The zero-order chi connectivity index (χ0) is 27.4. The lowest BCUT2D eigenvalue weighted by molar-refractivity contribution is -0.384. The molecule has 3 aliphatic heterocycles. The third kappa shape index (κ3) is 5.45. The van der Waals surface area contributed by atoms with Gasteiger partial charge in [-0.1, -0.05) is 30.8 Å². The molecule has 0 spiro atoms. The fourth-order valence-electron chi connectivity index (χ4n) is 4.96. The average molecular weight is 543 g/mol. The monoisotopic (exact) mass is 542 g/mol. The fraction of sp³-hybridized carbons (Fsp3) is 0.462. The number of hydrogen-bond donors (Lipinski definition) is 0. The lowest BCUT2D eigenvalue weighted by Crippen LogP contribution is -2.44. The Labute approximate surface area is 224 Å². The molecule has 0 unspecified atom stereocenters. The van der Waals surface area contributed by atoms with Gasteiger partial charge in [0.1, 0.15) is 0 Å². The van der Waals surface area contributed by atoms with Crippen LogP contribution in [0, 0.1) is 16.0 Å². The summed E-state index contributed by atoms with van der Waals surface area (Å²) in [5.41, 5.74) is 1.83. The quantitative estimate of drug-likeness (QED) is 0.272. The van der Waals surface area contributed by atoms with Gasteiger partial charge in [-0.2, -0.15) is 0 Å². The van der Waals surface area contributed by atoms with Gasteiger partial charge >= 0.3 is 11.9 Å². The minimum Gasteiger partial charge on any atom is -0.466 e. The van der Waals surface area contributed by atoms with Crippen LogP contribution in [0.2, 0.25) is 0 Å². The number of carbonyl (C=O) groups is 3. The number of carbonyl (C=O) groups excluding carboxylic acids is 3. The zero-order valence-corrected chi connectivity index (χ0v) is 22.4. The fourth-order valence-corrected chi connectivity index (χ4v) is 5.90. The number of methoxy groups -OCH3 is 1.